The zero-order chi connectivity index (χ0) is 40.4. The van der Waals surface area contributed by atoms with E-state index in [1.165, 1.54) is 126 Å². The van der Waals surface area contributed by atoms with E-state index in [0.717, 1.165) is 0 Å². The number of fused-ring (bicyclic) bond motifs is 12. The average molecular weight is 773 g/mol. The number of benzene rings is 12. The van der Waals surface area contributed by atoms with Crippen LogP contribution >= 0.6 is 0 Å². The predicted molar refractivity (Wildman–Crippen MR) is 263 cm³/mol. The molecule has 12 rings (SSSR count). The van der Waals surface area contributed by atoms with Gasteiger partial charge in [0.05, 0.1) is 0 Å². The summed E-state index contributed by atoms with van der Waals surface area (Å²) in [7, 11) is 0. The van der Waals surface area contributed by atoms with Crippen LogP contribution in [0.3, 0.4) is 0 Å². The van der Waals surface area contributed by atoms with Gasteiger partial charge in [-0.15, -0.1) is 0 Å². The highest BCUT2D eigenvalue weighted by molar-refractivity contribution is 6.27. The molecule has 0 heterocycles. The molecule has 0 nitrogen and oxygen atoms in total. The highest BCUT2D eigenvalue weighted by Crippen LogP contribution is 2.40. The molecule has 0 N–H and O–H groups in total. The molecule has 0 spiro atoms. The Morgan fingerprint density at radius 3 is 0.852 bits per heavy atom. The van der Waals surface area contributed by atoms with Gasteiger partial charge in [0.15, 0.2) is 0 Å². The molecule has 0 aromatic heterocycles. The van der Waals surface area contributed by atoms with Crippen molar-refractivity contribution in [3.05, 3.63) is 230 Å². The summed E-state index contributed by atoms with van der Waals surface area (Å²) in [5.41, 5.74) is 13.5. The number of hydrogen-bond acceptors (Lipinski definition) is 0. The van der Waals surface area contributed by atoms with Crippen LogP contribution in [-0.2, 0) is 0 Å². The average Bonchev–Trinajstić information content (AvgIpc) is 3.34. The summed E-state index contributed by atoms with van der Waals surface area (Å²) in [6, 6.07) is 83.0. The van der Waals surface area contributed by atoms with Gasteiger partial charge in [0.25, 0.3) is 0 Å². The highest BCUT2D eigenvalue weighted by Gasteiger charge is 2.13. The van der Waals surface area contributed by atoms with Crippen molar-refractivity contribution < 1.29 is 0 Å². The molecule has 0 aliphatic carbocycles. The molecule has 0 bridgehead atoms. The minimum atomic E-state index is 1.21. The van der Waals surface area contributed by atoms with E-state index in [2.05, 4.69) is 231 Å². The molecular formula is C61H40. The molecule has 0 aliphatic rings. The molecule has 0 saturated carbocycles. The molecule has 284 valence electrons. The summed E-state index contributed by atoms with van der Waals surface area (Å²) >= 11 is 0. The van der Waals surface area contributed by atoms with Crippen molar-refractivity contribution >= 4 is 64.6 Å². The standard InChI is InChI=1S/C61H40/c1-39-34-46(43-13-11-15-45(36-43)48-30-33-59-55-21-5-3-17-51(55)53-19-7-9-23-57(53)61(59)38-48)28-31-49(39)41-26-24-40(25-27-41)42-12-10-14-44(35-42)47-29-32-58-54-20-4-2-16-50(54)52-18-6-8-22-56(52)60(58)37-47/h2-38H,1H3. The van der Waals surface area contributed by atoms with Crippen LogP contribution in [0.1, 0.15) is 5.56 Å². The Morgan fingerprint density at radius 1 is 0.180 bits per heavy atom. The summed E-state index contributed by atoms with van der Waals surface area (Å²) in [6.45, 7) is 2.23. The van der Waals surface area contributed by atoms with Gasteiger partial charge in [0, 0.05) is 0 Å². The summed E-state index contributed by atoms with van der Waals surface area (Å²) in [5.74, 6) is 0. The van der Waals surface area contributed by atoms with Crippen molar-refractivity contribution in [2.75, 3.05) is 0 Å². The van der Waals surface area contributed by atoms with Gasteiger partial charge < -0.3 is 0 Å². The van der Waals surface area contributed by atoms with Crippen molar-refractivity contribution in [1.82, 2.24) is 0 Å². The monoisotopic (exact) mass is 772 g/mol. The quantitative estimate of drug-likeness (QED) is 0.153. The van der Waals surface area contributed by atoms with E-state index in [1.807, 2.05) is 0 Å². The van der Waals surface area contributed by atoms with Gasteiger partial charge in [-0.3, -0.25) is 0 Å². The third-order valence-electron chi connectivity index (χ3n) is 13.0. The maximum atomic E-state index is 2.38. The zero-order valence-electron chi connectivity index (χ0n) is 33.9. The summed E-state index contributed by atoms with van der Waals surface area (Å²) in [6.07, 6.45) is 0. The fourth-order valence-corrected chi connectivity index (χ4v) is 9.94. The topological polar surface area (TPSA) is 0 Å². The Morgan fingerprint density at radius 2 is 0.459 bits per heavy atom. The van der Waals surface area contributed by atoms with Gasteiger partial charge in [0.2, 0.25) is 0 Å². The Bertz CT molecular complexity index is 3630. The fraction of sp³-hybridized carbons (Fsp3) is 0.0164. The summed E-state index contributed by atoms with van der Waals surface area (Å²) < 4.78 is 0. The molecule has 12 aromatic carbocycles. The van der Waals surface area contributed by atoms with Crippen LogP contribution in [0.25, 0.3) is 120 Å². The van der Waals surface area contributed by atoms with Gasteiger partial charge >= 0.3 is 0 Å². The van der Waals surface area contributed by atoms with Gasteiger partial charge in [0.1, 0.15) is 0 Å². The van der Waals surface area contributed by atoms with Crippen molar-refractivity contribution in [2.45, 2.75) is 6.92 Å². The molecule has 0 amide bonds. The van der Waals surface area contributed by atoms with E-state index in [9.17, 15) is 0 Å². The van der Waals surface area contributed by atoms with E-state index >= 15 is 0 Å². The van der Waals surface area contributed by atoms with Crippen LogP contribution in [-0.4, -0.2) is 0 Å². The smallest absolute Gasteiger partial charge is 0.00928 e. The van der Waals surface area contributed by atoms with Crippen LogP contribution in [0.5, 0.6) is 0 Å². The lowest BCUT2D eigenvalue weighted by molar-refractivity contribution is 1.45. The number of aryl methyl sites for hydroxylation is 1. The van der Waals surface area contributed by atoms with Gasteiger partial charge in [-0.2, -0.15) is 0 Å². The van der Waals surface area contributed by atoms with Crippen LogP contribution < -0.4 is 0 Å². The molecule has 0 saturated heterocycles. The lowest BCUT2D eigenvalue weighted by atomic mass is 9.90. The molecule has 12 aromatic rings. The predicted octanol–water partition coefficient (Wildman–Crippen LogP) is 17.2. The van der Waals surface area contributed by atoms with Crippen molar-refractivity contribution in [3.63, 3.8) is 0 Å². The SMILES string of the molecule is Cc1cc(-c2cccc(-c3ccc4c5ccccc5c5ccccc5c4c3)c2)ccc1-c1ccc(-c2cccc(-c3ccc4c5ccccc5c5ccccc5c4c3)c2)cc1. The third-order valence-corrected chi connectivity index (χ3v) is 13.0. The molecule has 61 heavy (non-hydrogen) atoms. The first kappa shape index (κ1) is 35.2. The second-order valence-corrected chi connectivity index (χ2v) is 16.5. The second kappa shape index (κ2) is 14.2. The Hall–Kier alpha value is -7.80. The van der Waals surface area contributed by atoms with Crippen molar-refractivity contribution in [2.24, 2.45) is 0 Å². The molecule has 0 radical (unpaired) electrons. The normalized spacial score (nSPS) is 11.7. The molecule has 0 unspecified atom stereocenters. The number of rotatable bonds is 5. The first-order chi connectivity index (χ1) is 30.1. The van der Waals surface area contributed by atoms with Gasteiger partial charge in [-0.1, -0.05) is 200 Å². The van der Waals surface area contributed by atoms with E-state index in [1.54, 1.807) is 0 Å². The van der Waals surface area contributed by atoms with Crippen molar-refractivity contribution in [1.29, 1.82) is 0 Å². The molecular weight excluding hydrogens is 733 g/mol. The minimum absolute atomic E-state index is 1.21. The Kier molecular flexibility index (Phi) is 8.18. The molecule has 0 heteroatoms. The molecule has 0 atom stereocenters. The maximum absolute atomic E-state index is 2.38. The summed E-state index contributed by atoms with van der Waals surface area (Å²) in [4.78, 5) is 0. The van der Waals surface area contributed by atoms with Crippen LogP contribution in [0.15, 0.2) is 224 Å². The zero-order valence-corrected chi connectivity index (χ0v) is 33.9. The van der Waals surface area contributed by atoms with E-state index in [-0.39, 0.29) is 0 Å². The largest absolute Gasteiger partial charge is 0.0616 e. The lowest BCUT2D eigenvalue weighted by Crippen LogP contribution is -1.88. The first-order valence-corrected chi connectivity index (χ1v) is 21.2. The van der Waals surface area contributed by atoms with Gasteiger partial charge in [-0.05, 0) is 157 Å². The number of hydrogen-bond donors (Lipinski definition) is 0. The Labute approximate surface area is 355 Å². The van der Waals surface area contributed by atoms with E-state index in [4.69, 9.17) is 0 Å². The lowest BCUT2D eigenvalue weighted by Gasteiger charge is -2.13. The van der Waals surface area contributed by atoms with Crippen molar-refractivity contribution in [3.8, 4) is 55.6 Å². The highest BCUT2D eigenvalue weighted by atomic mass is 14.2. The van der Waals surface area contributed by atoms with E-state index < -0.39 is 0 Å². The third kappa shape index (κ3) is 5.91. The van der Waals surface area contributed by atoms with Crippen LogP contribution in [0.4, 0.5) is 0 Å². The van der Waals surface area contributed by atoms with Crippen LogP contribution in [0, 0.1) is 6.92 Å². The fourth-order valence-electron chi connectivity index (χ4n) is 9.94. The maximum Gasteiger partial charge on any atom is -0.00928 e. The molecule has 0 aliphatic heterocycles. The van der Waals surface area contributed by atoms with Crippen LogP contribution in [0.2, 0.25) is 0 Å². The Balaban J connectivity index is 0.834. The first-order valence-electron chi connectivity index (χ1n) is 21.2. The second-order valence-electron chi connectivity index (χ2n) is 16.5. The van der Waals surface area contributed by atoms with Gasteiger partial charge in [-0.25, -0.2) is 0 Å². The molecule has 0 fully saturated rings. The minimum Gasteiger partial charge on any atom is -0.0616 e. The summed E-state index contributed by atoms with van der Waals surface area (Å²) in [5, 5.41) is 15.6. The van der Waals surface area contributed by atoms with E-state index in [0.29, 0.717) is 0 Å².